The highest BCUT2D eigenvalue weighted by molar-refractivity contribution is 5.82. The van der Waals surface area contributed by atoms with Gasteiger partial charge in [0.05, 0.1) is 50.1 Å². The lowest BCUT2D eigenvalue weighted by Gasteiger charge is -2.26. The fourth-order valence-corrected chi connectivity index (χ4v) is 6.89. The van der Waals surface area contributed by atoms with Crippen molar-refractivity contribution in [2.75, 3.05) is 26.4 Å². The zero-order valence-electron chi connectivity index (χ0n) is 34.3. The maximum Gasteiger partial charge on any atom is 0.330 e. The first-order valence-corrected chi connectivity index (χ1v) is 20.5. The summed E-state index contributed by atoms with van der Waals surface area (Å²) < 4.78 is 43.7. The third kappa shape index (κ3) is 14.7. The molecule has 0 amide bonds. The molecule has 0 N–H and O–H groups in total. The maximum atomic E-state index is 13.1. The van der Waals surface area contributed by atoms with Crippen molar-refractivity contribution in [1.82, 2.24) is 0 Å². The van der Waals surface area contributed by atoms with Crippen LogP contribution in [-0.4, -0.2) is 62.2 Å². The Hall–Kier alpha value is -6.44. The van der Waals surface area contributed by atoms with Crippen LogP contribution in [0.15, 0.2) is 92.0 Å². The Labute approximate surface area is 355 Å². The van der Waals surface area contributed by atoms with E-state index >= 15 is 0 Å². The van der Waals surface area contributed by atoms with Crippen LogP contribution in [0.2, 0.25) is 0 Å². The third-order valence-corrected chi connectivity index (χ3v) is 10.4. The minimum atomic E-state index is -0.482. The number of carbonyl (C=O) groups is 6. The number of rotatable bonds is 20. The largest absolute Gasteiger partial charge is 0.493 e. The van der Waals surface area contributed by atoms with Gasteiger partial charge in [0.15, 0.2) is 0 Å². The first-order chi connectivity index (χ1) is 29.5. The Morgan fingerprint density at radius 1 is 0.475 bits per heavy atom. The molecule has 61 heavy (non-hydrogen) atoms. The van der Waals surface area contributed by atoms with E-state index in [9.17, 15) is 28.8 Å². The number of ether oxygens (including phenoxy) is 8. The molecule has 14 nitrogen and oxygen atoms in total. The first-order valence-electron chi connectivity index (χ1n) is 20.5. The molecule has 0 unspecified atom stereocenters. The summed E-state index contributed by atoms with van der Waals surface area (Å²) >= 11 is 0. The Kier molecular flexibility index (Phi) is 17.5. The number of aryl methyl sites for hydroxylation is 1. The first kappa shape index (κ1) is 45.6. The molecule has 0 bridgehead atoms. The number of carbonyl (C=O) groups excluding carboxylic acids is 6. The average Bonchev–Trinajstić information content (AvgIpc) is 3.28. The Morgan fingerprint density at radius 3 is 1.16 bits per heavy atom. The van der Waals surface area contributed by atoms with Gasteiger partial charge in [-0.3, -0.25) is 19.2 Å². The van der Waals surface area contributed by atoms with Crippen molar-refractivity contribution in [3.05, 3.63) is 97.6 Å². The third-order valence-electron chi connectivity index (χ3n) is 10.4. The molecule has 2 aliphatic carbocycles. The van der Waals surface area contributed by atoms with Gasteiger partial charge < -0.3 is 37.9 Å². The van der Waals surface area contributed by atoms with Crippen LogP contribution in [0.4, 0.5) is 0 Å². The molecule has 2 saturated carbocycles. The second-order valence-corrected chi connectivity index (χ2v) is 14.8. The van der Waals surface area contributed by atoms with Gasteiger partial charge in [-0.2, -0.15) is 0 Å². The summed E-state index contributed by atoms with van der Waals surface area (Å²) in [5.41, 5.74) is 0.624. The molecular formula is C47H52O14. The van der Waals surface area contributed by atoms with Gasteiger partial charge in [-0.15, -0.1) is 0 Å². The molecule has 0 atom stereocenters. The van der Waals surface area contributed by atoms with Crippen LogP contribution in [0, 0.1) is 30.6 Å². The molecule has 0 spiro atoms. The molecule has 324 valence electrons. The van der Waals surface area contributed by atoms with Crippen LogP contribution in [0.3, 0.4) is 0 Å². The molecule has 2 fully saturated rings. The number of hydrogen-bond donors (Lipinski definition) is 0. The lowest BCUT2D eigenvalue weighted by atomic mass is 9.82. The quantitative estimate of drug-likeness (QED) is 0.0470. The van der Waals surface area contributed by atoms with E-state index in [1.54, 1.807) is 73.7 Å². The summed E-state index contributed by atoms with van der Waals surface area (Å²) in [5.74, 6) is -1.22. The minimum Gasteiger partial charge on any atom is -0.493 e. The standard InChI is InChI=1S/C47H52O14/c1-4-42(48)56-28-6-26-54-36-16-20-38(21-17-36)58-44(50)32-8-10-34(11-9-32)46(52)60-40-24-25-41(31(3)30-40)61-47(53)35-14-12-33(13-15-35)45(51)59-39-22-18-37(19-23-39)55-27-7-29-57-43(49)5-2/h4-5,16-25,30,32-35H,1-2,6-15,26-29H2,3H3. The summed E-state index contributed by atoms with van der Waals surface area (Å²) in [6.45, 7) is 9.59. The Balaban J connectivity index is 0.968. The average molecular weight is 841 g/mol. The van der Waals surface area contributed by atoms with E-state index in [4.69, 9.17) is 37.9 Å². The smallest absolute Gasteiger partial charge is 0.330 e. The normalized spacial score (nSPS) is 18.3. The van der Waals surface area contributed by atoms with Gasteiger partial charge in [0.1, 0.15) is 34.5 Å². The van der Waals surface area contributed by atoms with Crippen LogP contribution in [0.25, 0.3) is 0 Å². The van der Waals surface area contributed by atoms with E-state index in [-0.39, 0.29) is 60.8 Å². The SMILES string of the molecule is C=CC(=O)OCCCOc1ccc(OC(=O)C2CCC(C(=O)Oc3ccc(OC(=O)C4CCC(C(=O)Oc5ccc(OCCCOC(=O)C=C)cc5)CC4)c(C)c3)CC2)cc1. The molecule has 5 rings (SSSR count). The molecule has 0 radical (unpaired) electrons. The van der Waals surface area contributed by atoms with E-state index < -0.39 is 11.9 Å². The van der Waals surface area contributed by atoms with E-state index in [0.717, 1.165) is 12.2 Å². The van der Waals surface area contributed by atoms with Gasteiger partial charge in [-0.05, 0) is 131 Å². The summed E-state index contributed by atoms with van der Waals surface area (Å²) in [5, 5.41) is 0. The highest BCUT2D eigenvalue weighted by Gasteiger charge is 2.34. The lowest BCUT2D eigenvalue weighted by Crippen LogP contribution is -2.30. The van der Waals surface area contributed by atoms with Crippen LogP contribution < -0.4 is 28.4 Å². The van der Waals surface area contributed by atoms with Crippen LogP contribution in [-0.2, 0) is 38.2 Å². The molecule has 2 aliphatic rings. The highest BCUT2D eigenvalue weighted by Crippen LogP contribution is 2.34. The molecular weight excluding hydrogens is 789 g/mol. The van der Waals surface area contributed by atoms with Crippen molar-refractivity contribution in [2.24, 2.45) is 23.7 Å². The van der Waals surface area contributed by atoms with Gasteiger partial charge in [0.25, 0.3) is 0 Å². The molecule has 3 aromatic carbocycles. The maximum absolute atomic E-state index is 13.1. The van der Waals surface area contributed by atoms with Gasteiger partial charge in [0.2, 0.25) is 0 Å². The topological polar surface area (TPSA) is 176 Å². The van der Waals surface area contributed by atoms with E-state index in [0.29, 0.717) is 117 Å². The molecule has 0 aliphatic heterocycles. The number of hydrogen-bond acceptors (Lipinski definition) is 14. The number of benzene rings is 3. The van der Waals surface area contributed by atoms with Gasteiger partial charge in [-0.25, -0.2) is 9.59 Å². The van der Waals surface area contributed by atoms with E-state index in [1.807, 2.05) is 0 Å². The van der Waals surface area contributed by atoms with Crippen LogP contribution >= 0.6 is 0 Å². The minimum absolute atomic E-state index is 0.222. The fourth-order valence-electron chi connectivity index (χ4n) is 6.89. The van der Waals surface area contributed by atoms with Crippen LogP contribution in [0.1, 0.15) is 69.8 Å². The van der Waals surface area contributed by atoms with E-state index in [2.05, 4.69) is 13.2 Å². The second kappa shape index (κ2) is 23.4. The van der Waals surface area contributed by atoms with Gasteiger partial charge in [0, 0.05) is 25.0 Å². The summed E-state index contributed by atoms with van der Waals surface area (Å²) in [4.78, 5) is 74.1. The summed E-state index contributed by atoms with van der Waals surface area (Å²) in [7, 11) is 0. The van der Waals surface area contributed by atoms with Crippen LogP contribution in [0.5, 0.6) is 34.5 Å². The predicted octanol–water partition coefficient (Wildman–Crippen LogP) is 7.63. The lowest BCUT2D eigenvalue weighted by molar-refractivity contribution is -0.145. The molecule has 3 aromatic rings. The second-order valence-electron chi connectivity index (χ2n) is 14.8. The van der Waals surface area contributed by atoms with Crippen molar-refractivity contribution < 1.29 is 66.7 Å². The molecule has 0 aromatic heterocycles. The number of esters is 6. The molecule has 0 heterocycles. The monoisotopic (exact) mass is 840 g/mol. The van der Waals surface area contributed by atoms with Crippen molar-refractivity contribution in [3.63, 3.8) is 0 Å². The van der Waals surface area contributed by atoms with Gasteiger partial charge in [-0.1, -0.05) is 13.2 Å². The highest BCUT2D eigenvalue weighted by atomic mass is 16.6. The molecule has 0 saturated heterocycles. The van der Waals surface area contributed by atoms with Crippen molar-refractivity contribution in [3.8, 4) is 34.5 Å². The van der Waals surface area contributed by atoms with Crippen molar-refractivity contribution >= 4 is 35.8 Å². The van der Waals surface area contributed by atoms with Crippen molar-refractivity contribution in [2.45, 2.75) is 71.1 Å². The summed E-state index contributed by atoms with van der Waals surface area (Å²) in [6, 6.07) is 18.2. The van der Waals surface area contributed by atoms with Gasteiger partial charge >= 0.3 is 35.8 Å². The van der Waals surface area contributed by atoms with E-state index in [1.165, 1.54) is 0 Å². The predicted molar refractivity (Wildman–Crippen MR) is 220 cm³/mol. The Bertz CT molecular complexity index is 1990. The van der Waals surface area contributed by atoms with Crippen molar-refractivity contribution in [1.29, 1.82) is 0 Å². The zero-order valence-corrected chi connectivity index (χ0v) is 34.3. The zero-order chi connectivity index (χ0) is 43.6. The Morgan fingerprint density at radius 2 is 0.803 bits per heavy atom. The molecule has 14 heteroatoms. The summed E-state index contributed by atoms with van der Waals surface area (Å²) in [6.07, 6.45) is 7.09. The fraction of sp³-hybridized carbons (Fsp3) is 0.404.